The maximum absolute atomic E-state index is 5.63. The summed E-state index contributed by atoms with van der Waals surface area (Å²) in [6.07, 6.45) is 3.50. The lowest BCUT2D eigenvalue weighted by molar-refractivity contribution is 0.0141. The SMILES string of the molecule is NCc1ccc(OCCCOCC2CCCO2)cc1. The fraction of sp³-hybridized carbons (Fsp3) is 0.600. The van der Waals surface area contributed by atoms with Crippen molar-refractivity contribution in [3.05, 3.63) is 29.8 Å². The Balaban J connectivity index is 1.51. The molecule has 1 aromatic rings. The molecule has 2 N–H and O–H groups in total. The highest BCUT2D eigenvalue weighted by atomic mass is 16.5. The van der Waals surface area contributed by atoms with Gasteiger partial charge in [0.25, 0.3) is 0 Å². The molecule has 1 aliphatic heterocycles. The second kappa shape index (κ2) is 8.15. The number of hydrogen-bond acceptors (Lipinski definition) is 4. The van der Waals surface area contributed by atoms with E-state index in [0.717, 1.165) is 43.8 Å². The number of ether oxygens (including phenoxy) is 3. The Hall–Kier alpha value is -1.10. The molecule has 1 atom stereocenters. The summed E-state index contributed by atoms with van der Waals surface area (Å²) in [5, 5.41) is 0. The van der Waals surface area contributed by atoms with Crippen molar-refractivity contribution in [1.82, 2.24) is 0 Å². The molecule has 0 spiro atoms. The lowest BCUT2D eigenvalue weighted by Crippen LogP contribution is -2.15. The molecule has 1 aromatic carbocycles. The maximum Gasteiger partial charge on any atom is 0.119 e. The summed E-state index contributed by atoms with van der Waals surface area (Å²) in [6, 6.07) is 7.89. The van der Waals surface area contributed by atoms with Crippen LogP contribution in [0.5, 0.6) is 5.75 Å². The predicted molar refractivity (Wildman–Crippen MR) is 74.2 cm³/mol. The van der Waals surface area contributed by atoms with Gasteiger partial charge in [-0.25, -0.2) is 0 Å². The highest BCUT2D eigenvalue weighted by Gasteiger charge is 2.14. The third-order valence-corrected chi connectivity index (χ3v) is 3.19. The minimum atomic E-state index is 0.310. The Morgan fingerprint density at radius 1 is 1.21 bits per heavy atom. The topological polar surface area (TPSA) is 53.7 Å². The molecule has 1 aliphatic rings. The van der Waals surface area contributed by atoms with Crippen molar-refractivity contribution < 1.29 is 14.2 Å². The van der Waals surface area contributed by atoms with E-state index in [2.05, 4.69) is 0 Å². The Kier molecular flexibility index (Phi) is 6.14. The summed E-state index contributed by atoms with van der Waals surface area (Å²) in [6.45, 7) is 3.56. The van der Waals surface area contributed by atoms with Gasteiger partial charge in [-0.2, -0.15) is 0 Å². The Morgan fingerprint density at radius 2 is 2.05 bits per heavy atom. The first kappa shape index (κ1) is 14.3. The molecule has 4 nitrogen and oxygen atoms in total. The molecule has 0 bridgehead atoms. The van der Waals surface area contributed by atoms with Crippen LogP contribution >= 0.6 is 0 Å². The van der Waals surface area contributed by atoms with E-state index in [9.17, 15) is 0 Å². The highest BCUT2D eigenvalue weighted by molar-refractivity contribution is 5.26. The first-order valence-corrected chi connectivity index (χ1v) is 6.99. The molecular formula is C15H23NO3. The van der Waals surface area contributed by atoms with Crippen LogP contribution in [0.1, 0.15) is 24.8 Å². The van der Waals surface area contributed by atoms with Crippen molar-refractivity contribution in [3.63, 3.8) is 0 Å². The Labute approximate surface area is 114 Å². The van der Waals surface area contributed by atoms with Gasteiger partial charge in [0.2, 0.25) is 0 Å². The van der Waals surface area contributed by atoms with Crippen molar-refractivity contribution in [2.45, 2.75) is 31.9 Å². The zero-order valence-electron chi connectivity index (χ0n) is 11.3. The second-order valence-electron chi connectivity index (χ2n) is 4.76. The van der Waals surface area contributed by atoms with E-state index in [4.69, 9.17) is 19.9 Å². The molecule has 106 valence electrons. The maximum atomic E-state index is 5.63. The second-order valence-corrected chi connectivity index (χ2v) is 4.76. The summed E-state index contributed by atoms with van der Waals surface area (Å²) in [5.74, 6) is 0.885. The molecule has 0 saturated carbocycles. The van der Waals surface area contributed by atoms with Crippen LogP contribution in [-0.2, 0) is 16.0 Å². The lowest BCUT2D eigenvalue weighted by atomic mass is 10.2. The van der Waals surface area contributed by atoms with Crippen molar-refractivity contribution >= 4 is 0 Å². The fourth-order valence-corrected chi connectivity index (χ4v) is 2.06. The first-order chi connectivity index (χ1) is 9.38. The van der Waals surface area contributed by atoms with Crippen molar-refractivity contribution in [2.24, 2.45) is 5.73 Å². The summed E-state index contributed by atoms with van der Waals surface area (Å²) in [7, 11) is 0. The molecule has 1 unspecified atom stereocenters. The summed E-state index contributed by atoms with van der Waals surface area (Å²) >= 11 is 0. The molecule has 4 heteroatoms. The van der Waals surface area contributed by atoms with Gasteiger partial charge < -0.3 is 19.9 Å². The van der Waals surface area contributed by atoms with Crippen LogP contribution < -0.4 is 10.5 Å². The molecule has 2 rings (SSSR count). The van der Waals surface area contributed by atoms with Gasteiger partial charge in [-0.1, -0.05) is 12.1 Å². The van der Waals surface area contributed by atoms with Gasteiger partial charge >= 0.3 is 0 Å². The van der Waals surface area contributed by atoms with Gasteiger partial charge in [-0.3, -0.25) is 0 Å². The van der Waals surface area contributed by atoms with E-state index >= 15 is 0 Å². The van der Waals surface area contributed by atoms with Crippen molar-refractivity contribution in [1.29, 1.82) is 0 Å². The molecule has 1 heterocycles. The molecule has 0 amide bonds. The monoisotopic (exact) mass is 265 g/mol. The largest absolute Gasteiger partial charge is 0.494 e. The first-order valence-electron chi connectivity index (χ1n) is 6.99. The van der Waals surface area contributed by atoms with Gasteiger partial charge in [0.05, 0.1) is 19.3 Å². The van der Waals surface area contributed by atoms with E-state index in [0.29, 0.717) is 25.9 Å². The van der Waals surface area contributed by atoms with Gasteiger partial charge in [-0.05, 0) is 30.5 Å². The van der Waals surface area contributed by atoms with Crippen LogP contribution in [0.2, 0.25) is 0 Å². The lowest BCUT2D eigenvalue weighted by Gasteiger charge is -2.10. The van der Waals surface area contributed by atoms with Crippen molar-refractivity contribution in [3.8, 4) is 5.75 Å². The number of hydrogen-bond donors (Lipinski definition) is 1. The van der Waals surface area contributed by atoms with Crippen LogP contribution in [0.3, 0.4) is 0 Å². The molecule has 0 aliphatic carbocycles. The molecule has 1 saturated heterocycles. The zero-order chi connectivity index (χ0) is 13.3. The Morgan fingerprint density at radius 3 is 2.74 bits per heavy atom. The average Bonchev–Trinajstić information content (AvgIpc) is 2.96. The molecule has 0 radical (unpaired) electrons. The van der Waals surface area contributed by atoms with Crippen LogP contribution in [0.15, 0.2) is 24.3 Å². The highest BCUT2D eigenvalue weighted by Crippen LogP contribution is 2.13. The predicted octanol–water partition coefficient (Wildman–Crippen LogP) is 2.11. The number of nitrogens with two attached hydrogens (primary N) is 1. The standard InChI is InChI=1S/C15H23NO3/c16-11-13-4-6-14(7-5-13)18-10-2-8-17-12-15-3-1-9-19-15/h4-7,15H,1-3,8-12,16H2. The van der Waals surface area contributed by atoms with Crippen molar-refractivity contribution in [2.75, 3.05) is 26.4 Å². The van der Waals surface area contributed by atoms with E-state index in [-0.39, 0.29) is 0 Å². The van der Waals surface area contributed by atoms with Gasteiger partial charge in [0, 0.05) is 26.2 Å². The quantitative estimate of drug-likeness (QED) is 0.731. The van der Waals surface area contributed by atoms with E-state index in [1.165, 1.54) is 0 Å². The summed E-state index contributed by atoms with van der Waals surface area (Å²) < 4.78 is 16.7. The molecular weight excluding hydrogens is 242 g/mol. The van der Waals surface area contributed by atoms with Gasteiger partial charge in [0.1, 0.15) is 5.75 Å². The van der Waals surface area contributed by atoms with Crippen LogP contribution in [0, 0.1) is 0 Å². The molecule has 1 fully saturated rings. The van der Waals surface area contributed by atoms with Gasteiger partial charge in [-0.15, -0.1) is 0 Å². The van der Waals surface area contributed by atoms with Crippen LogP contribution in [0.4, 0.5) is 0 Å². The smallest absolute Gasteiger partial charge is 0.119 e. The van der Waals surface area contributed by atoms with Crippen LogP contribution in [-0.4, -0.2) is 32.5 Å². The number of benzene rings is 1. The normalized spacial score (nSPS) is 18.7. The molecule has 19 heavy (non-hydrogen) atoms. The zero-order valence-corrected chi connectivity index (χ0v) is 11.3. The Bertz CT molecular complexity index is 347. The minimum absolute atomic E-state index is 0.310. The molecule has 0 aromatic heterocycles. The van der Waals surface area contributed by atoms with E-state index < -0.39 is 0 Å². The van der Waals surface area contributed by atoms with E-state index in [1.54, 1.807) is 0 Å². The number of rotatable bonds is 8. The fourth-order valence-electron chi connectivity index (χ4n) is 2.06. The summed E-state index contributed by atoms with van der Waals surface area (Å²) in [5.41, 5.74) is 6.66. The average molecular weight is 265 g/mol. The summed E-state index contributed by atoms with van der Waals surface area (Å²) in [4.78, 5) is 0. The van der Waals surface area contributed by atoms with Gasteiger partial charge in [0.15, 0.2) is 0 Å². The van der Waals surface area contributed by atoms with E-state index in [1.807, 2.05) is 24.3 Å². The third kappa shape index (κ3) is 5.19. The van der Waals surface area contributed by atoms with Crippen LogP contribution in [0.25, 0.3) is 0 Å². The third-order valence-electron chi connectivity index (χ3n) is 3.19. The minimum Gasteiger partial charge on any atom is -0.494 e.